The number of nitrogens with zero attached hydrogens (tertiary/aromatic N) is 5. The number of nitrogens with one attached hydrogen (secondary N) is 2. The number of hydrogen-bond acceptors (Lipinski definition) is 8. The van der Waals surface area contributed by atoms with E-state index in [9.17, 15) is 9.18 Å². The van der Waals surface area contributed by atoms with Crippen molar-refractivity contribution in [2.45, 2.75) is 19.3 Å². The highest BCUT2D eigenvalue weighted by molar-refractivity contribution is 5.98. The summed E-state index contributed by atoms with van der Waals surface area (Å²) in [5, 5.41) is 14.0. The minimum atomic E-state index is -0.795. The molecule has 6 N–H and O–H groups in total. The van der Waals surface area contributed by atoms with Crippen LogP contribution in [0.5, 0.6) is 0 Å². The fourth-order valence-corrected chi connectivity index (χ4v) is 2.63. The molecule has 1 amide bonds. The molecule has 0 bridgehead atoms. The Morgan fingerprint density at radius 3 is 2.62 bits per heavy atom. The van der Waals surface area contributed by atoms with Gasteiger partial charge >= 0.3 is 0 Å². The van der Waals surface area contributed by atoms with Crippen LogP contribution in [0.4, 0.5) is 21.7 Å². The molecular weight excluding hydrogens is 377 g/mol. The van der Waals surface area contributed by atoms with Gasteiger partial charge in [-0.05, 0) is 31.5 Å². The largest absolute Gasteiger partial charge is 0.368 e. The van der Waals surface area contributed by atoms with Gasteiger partial charge in [0.1, 0.15) is 5.82 Å². The van der Waals surface area contributed by atoms with E-state index in [0.29, 0.717) is 24.6 Å². The highest BCUT2D eigenvalue weighted by atomic mass is 19.1. The van der Waals surface area contributed by atoms with Crippen LogP contribution in [0.15, 0.2) is 36.8 Å². The number of carbonyl (C=O) groups excluding carboxylic acids is 1. The van der Waals surface area contributed by atoms with Crippen molar-refractivity contribution in [3.63, 3.8) is 0 Å². The molecule has 152 valence electrons. The van der Waals surface area contributed by atoms with Crippen LogP contribution in [0.25, 0.3) is 5.82 Å². The number of amides is 1. The van der Waals surface area contributed by atoms with Crippen LogP contribution in [0.1, 0.15) is 29.6 Å². The second-order valence-electron chi connectivity index (χ2n) is 6.20. The zero-order valence-electron chi connectivity index (χ0n) is 15.7. The average Bonchev–Trinajstić information content (AvgIpc) is 3.25. The van der Waals surface area contributed by atoms with Gasteiger partial charge in [0.15, 0.2) is 17.5 Å². The monoisotopic (exact) mass is 399 g/mol. The molecule has 0 aliphatic carbocycles. The lowest BCUT2D eigenvalue weighted by molar-refractivity contribution is 0.100. The van der Waals surface area contributed by atoms with Crippen LogP contribution < -0.4 is 22.1 Å². The number of carbonyl (C=O) groups is 1. The van der Waals surface area contributed by atoms with E-state index in [1.165, 1.54) is 17.2 Å². The van der Waals surface area contributed by atoms with Crippen molar-refractivity contribution in [2.75, 3.05) is 23.7 Å². The summed E-state index contributed by atoms with van der Waals surface area (Å²) in [6.45, 7) is 1.15. The van der Waals surface area contributed by atoms with Gasteiger partial charge in [-0.25, -0.2) is 14.4 Å². The number of aromatic nitrogens is 5. The predicted octanol–water partition coefficient (Wildman–Crippen LogP) is 1.58. The summed E-state index contributed by atoms with van der Waals surface area (Å²) in [4.78, 5) is 21.5. The Morgan fingerprint density at radius 1 is 1.10 bits per heavy atom. The zero-order chi connectivity index (χ0) is 20.6. The fourth-order valence-electron chi connectivity index (χ4n) is 2.63. The maximum atomic E-state index is 14.3. The van der Waals surface area contributed by atoms with Crippen molar-refractivity contribution in [1.82, 2.24) is 25.0 Å². The molecule has 0 unspecified atom stereocenters. The molecule has 10 nitrogen and oxygen atoms in total. The van der Waals surface area contributed by atoms with Gasteiger partial charge in [0, 0.05) is 24.5 Å². The number of pyridine rings is 2. The van der Waals surface area contributed by atoms with Gasteiger partial charge in [-0.3, -0.25) is 4.79 Å². The minimum absolute atomic E-state index is 0.0354. The molecule has 0 aliphatic heterocycles. The van der Waals surface area contributed by atoms with Crippen molar-refractivity contribution in [1.29, 1.82) is 0 Å². The lowest BCUT2D eigenvalue weighted by Gasteiger charge is -2.13. The van der Waals surface area contributed by atoms with Gasteiger partial charge < -0.3 is 22.1 Å². The van der Waals surface area contributed by atoms with Crippen LogP contribution >= 0.6 is 0 Å². The number of primary amides is 1. The Bertz CT molecular complexity index is 962. The van der Waals surface area contributed by atoms with Crippen molar-refractivity contribution >= 4 is 23.2 Å². The number of nitrogens with two attached hydrogens (primary N) is 2. The molecule has 0 aliphatic rings. The topological polar surface area (TPSA) is 150 Å². The molecule has 3 heterocycles. The Kier molecular flexibility index (Phi) is 6.63. The molecule has 3 rings (SSSR count). The number of hydrogen-bond donors (Lipinski definition) is 4. The average molecular weight is 399 g/mol. The number of halogens is 1. The van der Waals surface area contributed by atoms with Crippen LogP contribution in [0.2, 0.25) is 0 Å². The van der Waals surface area contributed by atoms with E-state index >= 15 is 0 Å². The van der Waals surface area contributed by atoms with Crippen LogP contribution in [0.3, 0.4) is 0 Å². The second-order valence-corrected chi connectivity index (χ2v) is 6.20. The summed E-state index contributed by atoms with van der Waals surface area (Å²) in [5.74, 6) is -0.820. The summed E-state index contributed by atoms with van der Waals surface area (Å²) in [7, 11) is 0. The van der Waals surface area contributed by atoms with E-state index < -0.39 is 11.7 Å². The Hall–Kier alpha value is -3.60. The van der Waals surface area contributed by atoms with Gasteiger partial charge in [0.25, 0.3) is 5.91 Å². The van der Waals surface area contributed by atoms with Crippen molar-refractivity contribution in [3.8, 4) is 5.82 Å². The summed E-state index contributed by atoms with van der Waals surface area (Å²) < 4.78 is 14.3. The molecule has 29 heavy (non-hydrogen) atoms. The quantitative estimate of drug-likeness (QED) is 0.375. The smallest absolute Gasteiger partial charge is 0.252 e. The molecule has 0 aromatic carbocycles. The van der Waals surface area contributed by atoms with E-state index in [2.05, 4.69) is 30.8 Å². The third-order valence-corrected chi connectivity index (χ3v) is 4.05. The van der Waals surface area contributed by atoms with Crippen LogP contribution in [-0.2, 0) is 0 Å². The zero-order valence-corrected chi connectivity index (χ0v) is 15.7. The third kappa shape index (κ3) is 5.23. The fraction of sp³-hybridized carbons (Fsp3) is 0.278. The number of rotatable bonds is 10. The molecule has 0 radical (unpaired) electrons. The Labute approximate surface area is 166 Å². The molecule has 11 heteroatoms. The lowest BCUT2D eigenvalue weighted by Crippen LogP contribution is -2.17. The van der Waals surface area contributed by atoms with Gasteiger partial charge in [-0.2, -0.15) is 10.2 Å². The highest BCUT2D eigenvalue weighted by Crippen LogP contribution is 2.24. The molecule has 3 aromatic rings. The van der Waals surface area contributed by atoms with Crippen molar-refractivity contribution in [2.24, 2.45) is 11.5 Å². The molecule has 3 aromatic heterocycles. The molecule has 0 spiro atoms. The first kappa shape index (κ1) is 20.1. The van der Waals surface area contributed by atoms with Gasteiger partial charge in [0.05, 0.1) is 18.0 Å². The van der Waals surface area contributed by atoms with Crippen molar-refractivity contribution in [3.05, 3.63) is 48.2 Å². The summed E-state index contributed by atoms with van der Waals surface area (Å²) >= 11 is 0. The van der Waals surface area contributed by atoms with E-state index in [1.807, 2.05) is 0 Å². The SMILES string of the molecule is NCCCCCNc1nc(Nc2ccnc(-n3nccn3)c2)c(C(N)=O)cc1F. The van der Waals surface area contributed by atoms with E-state index in [1.54, 1.807) is 18.3 Å². The van der Waals surface area contributed by atoms with Crippen LogP contribution in [-0.4, -0.2) is 44.0 Å². The standard InChI is InChI=1S/C18H22FN9O/c19-14-11-13(16(21)29)17(27-18(14)23-6-3-1-2-5-20)26-12-4-7-22-15(10-12)28-24-8-9-25-28/h4,7-11H,1-3,5-6,20H2,(H2,21,29)(H2,22,23,26,27). The maximum Gasteiger partial charge on any atom is 0.252 e. The first-order chi connectivity index (χ1) is 14.1. The van der Waals surface area contributed by atoms with Gasteiger partial charge in [-0.1, -0.05) is 6.42 Å². The molecule has 0 saturated heterocycles. The predicted molar refractivity (Wildman–Crippen MR) is 107 cm³/mol. The minimum Gasteiger partial charge on any atom is -0.368 e. The molecule has 0 atom stereocenters. The first-order valence-corrected chi connectivity index (χ1v) is 9.12. The van der Waals surface area contributed by atoms with Crippen LogP contribution in [0, 0.1) is 5.82 Å². The lowest BCUT2D eigenvalue weighted by atomic mass is 10.2. The summed E-state index contributed by atoms with van der Waals surface area (Å²) in [6, 6.07) is 4.40. The Morgan fingerprint density at radius 2 is 1.90 bits per heavy atom. The summed E-state index contributed by atoms with van der Waals surface area (Å²) in [5.41, 5.74) is 11.4. The second kappa shape index (κ2) is 9.55. The number of unbranched alkanes of at least 4 members (excludes halogenated alkanes) is 2. The molecule has 0 saturated carbocycles. The number of anilines is 3. The normalized spacial score (nSPS) is 10.7. The van der Waals surface area contributed by atoms with Crippen molar-refractivity contribution < 1.29 is 9.18 Å². The third-order valence-electron chi connectivity index (χ3n) is 4.05. The van der Waals surface area contributed by atoms with E-state index in [-0.39, 0.29) is 17.2 Å². The van der Waals surface area contributed by atoms with Gasteiger partial charge in [0.2, 0.25) is 0 Å². The molecular formula is C18H22FN9O. The summed E-state index contributed by atoms with van der Waals surface area (Å²) in [6.07, 6.45) is 7.26. The first-order valence-electron chi connectivity index (χ1n) is 9.12. The van der Waals surface area contributed by atoms with Gasteiger partial charge in [-0.15, -0.1) is 4.80 Å². The van der Waals surface area contributed by atoms with E-state index in [0.717, 1.165) is 25.3 Å². The highest BCUT2D eigenvalue weighted by Gasteiger charge is 2.16. The van der Waals surface area contributed by atoms with E-state index in [4.69, 9.17) is 11.5 Å². The molecule has 0 fully saturated rings. The maximum absolute atomic E-state index is 14.3. The Balaban J connectivity index is 1.82.